The molecule has 6 nitrogen and oxygen atoms in total. The number of carbonyl (C=O) groups excluding carboxylic acids is 3. The van der Waals surface area contributed by atoms with Crippen molar-refractivity contribution in [1.82, 2.24) is 0 Å². The number of allylic oxidation sites excluding steroid dienone is 12. The van der Waals surface area contributed by atoms with Gasteiger partial charge in [0.05, 0.1) is 0 Å². The number of hydrogen-bond donors (Lipinski definition) is 0. The van der Waals surface area contributed by atoms with E-state index >= 15 is 0 Å². The largest absolute Gasteiger partial charge is 0.462 e. The van der Waals surface area contributed by atoms with E-state index in [1.807, 2.05) is 0 Å². The Balaban J connectivity index is 4.23. The first-order chi connectivity index (χ1) is 41.0. The molecule has 83 heavy (non-hydrogen) atoms. The molecule has 6 heteroatoms. The molecule has 0 aromatic rings. The van der Waals surface area contributed by atoms with Gasteiger partial charge in [0.1, 0.15) is 13.2 Å². The molecule has 0 aliphatic heterocycles. The summed E-state index contributed by atoms with van der Waals surface area (Å²) in [5.74, 6) is -0.873. The third-order valence-corrected chi connectivity index (χ3v) is 16.1. The van der Waals surface area contributed by atoms with Crippen LogP contribution in [0.2, 0.25) is 0 Å². The topological polar surface area (TPSA) is 78.9 Å². The molecule has 482 valence electrons. The van der Waals surface area contributed by atoms with Crippen molar-refractivity contribution in [3.05, 3.63) is 72.9 Å². The molecular formula is C77H138O6. The minimum absolute atomic E-state index is 0.0777. The van der Waals surface area contributed by atoms with E-state index in [0.29, 0.717) is 19.3 Å². The SMILES string of the molecule is CCC/C=C\C/C=C\CCCCCCCC(=O)OCC(COC(=O)CCCCCCCCCCCCCCCC/C=C\C/C=C\C/C=C\CCCCCCC)OC(=O)CCCCCCCCCCCCC/C=C\CCCCCCCCCC. The Morgan fingerprint density at radius 3 is 0.735 bits per heavy atom. The fraction of sp³-hybridized carbons (Fsp3) is 0.805. The highest BCUT2D eigenvalue weighted by molar-refractivity contribution is 5.71. The van der Waals surface area contributed by atoms with Gasteiger partial charge in [-0.1, -0.05) is 325 Å². The van der Waals surface area contributed by atoms with Crippen molar-refractivity contribution < 1.29 is 28.6 Å². The predicted molar refractivity (Wildman–Crippen MR) is 362 cm³/mol. The lowest BCUT2D eigenvalue weighted by atomic mass is 10.0. The van der Waals surface area contributed by atoms with Gasteiger partial charge in [0.25, 0.3) is 0 Å². The summed E-state index contributed by atoms with van der Waals surface area (Å²) in [4.78, 5) is 38.4. The number of hydrogen-bond acceptors (Lipinski definition) is 6. The fourth-order valence-corrected chi connectivity index (χ4v) is 10.7. The Kier molecular flexibility index (Phi) is 68.6. The van der Waals surface area contributed by atoms with Gasteiger partial charge in [-0.05, 0) is 109 Å². The number of rotatable bonds is 67. The molecule has 1 atom stereocenters. The number of unbranched alkanes of at least 4 members (excludes halogenated alkanes) is 44. The molecular weight excluding hydrogens is 1020 g/mol. The Bertz CT molecular complexity index is 1520. The van der Waals surface area contributed by atoms with Crippen LogP contribution in [0.3, 0.4) is 0 Å². The molecule has 0 aliphatic carbocycles. The van der Waals surface area contributed by atoms with Crippen molar-refractivity contribution in [3.8, 4) is 0 Å². The monoisotopic (exact) mass is 1160 g/mol. The maximum atomic E-state index is 13.0. The van der Waals surface area contributed by atoms with Gasteiger partial charge in [0.2, 0.25) is 0 Å². The fourth-order valence-electron chi connectivity index (χ4n) is 10.7. The van der Waals surface area contributed by atoms with Gasteiger partial charge in [-0.15, -0.1) is 0 Å². The standard InChI is InChI=1S/C77H138O6/c1-4-7-10-13-16-19-22-25-27-29-31-33-35-36-37-38-39-40-42-43-45-47-49-52-55-58-61-64-67-70-76(79)82-73-74(72-81-75(78)69-66-63-60-57-54-51-24-21-18-15-12-9-6-3)83-77(80)71-68-65-62-59-56-53-50-48-46-44-41-34-32-30-28-26-23-20-17-14-11-8-5-2/h12,15,21-22,24-25,29-32,35-36,74H,4-11,13-14,16-20,23,26-28,33-34,37-73H2,1-3H3/b15-12-,24-21-,25-22-,31-29-,32-30-,36-35-. The van der Waals surface area contributed by atoms with Crippen LogP contribution < -0.4 is 0 Å². The summed E-state index contributed by atoms with van der Waals surface area (Å²) in [5.41, 5.74) is 0. The Labute approximate surface area is 516 Å². The van der Waals surface area contributed by atoms with E-state index in [-0.39, 0.29) is 31.1 Å². The van der Waals surface area contributed by atoms with Gasteiger partial charge in [-0.25, -0.2) is 0 Å². The Hall–Kier alpha value is -3.15. The van der Waals surface area contributed by atoms with Gasteiger partial charge < -0.3 is 14.2 Å². The van der Waals surface area contributed by atoms with Crippen LogP contribution in [0.25, 0.3) is 0 Å². The predicted octanol–water partition coefficient (Wildman–Crippen LogP) is 25.2. The van der Waals surface area contributed by atoms with Crippen LogP contribution in [0, 0.1) is 0 Å². The van der Waals surface area contributed by atoms with Gasteiger partial charge in [-0.2, -0.15) is 0 Å². The van der Waals surface area contributed by atoms with Crippen molar-refractivity contribution in [2.45, 2.75) is 386 Å². The highest BCUT2D eigenvalue weighted by atomic mass is 16.6. The van der Waals surface area contributed by atoms with Crippen molar-refractivity contribution in [1.29, 1.82) is 0 Å². The Morgan fingerprint density at radius 1 is 0.241 bits per heavy atom. The number of esters is 3. The highest BCUT2D eigenvalue weighted by Crippen LogP contribution is 2.18. The van der Waals surface area contributed by atoms with E-state index < -0.39 is 6.10 Å². The number of carbonyl (C=O) groups is 3. The summed E-state index contributed by atoms with van der Waals surface area (Å²) in [6.07, 6.45) is 93.7. The van der Waals surface area contributed by atoms with Crippen molar-refractivity contribution in [2.24, 2.45) is 0 Å². The van der Waals surface area contributed by atoms with E-state index in [1.165, 1.54) is 244 Å². The molecule has 0 fully saturated rings. The van der Waals surface area contributed by atoms with E-state index in [0.717, 1.165) is 96.3 Å². The number of ether oxygens (including phenoxy) is 3. The second-order valence-electron chi connectivity index (χ2n) is 24.5. The zero-order valence-corrected chi connectivity index (χ0v) is 55.5. The van der Waals surface area contributed by atoms with E-state index in [9.17, 15) is 14.4 Å². The van der Waals surface area contributed by atoms with Crippen LogP contribution in [0.4, 0.5) is 0 Å². The molecule has 0 aliphatic rings. The lowest BCUT2D eigenvalue weighted by Crippen LogP contribution is -2.30. The smallest absolute Gasteiger partial charge is 0.306 e. The molecule has 0 radical (unpaired) electrons. The molecule has 0 amide bonds. The lowest BCUT2D eigenvalue weighted by Gasteiger charge is -2.18. The molecule has 1 unspecified atom stereocenters. The molecule has 0 saturated carbocycles. The zero-order valence-electron chi connectivity index (χ0n) is 55.5. The second-order valence-corrected chi connectivity index (χ2v) is 24.5. The summed E-state index contributed by atoms with van der Waals surface area (Å²) < 4.78 is 17.0. The van der Waals surface area contributed by atoms with Gasteiger partial charge in [-0.3, -0.25) is 14.4 Å². The third kappa shape index (κ3) is 69.5. The first-order valence-corrected chi connectivity index (χ1v) is 36.4. The van der Waals surface area contributed by atoms with Crippen LogP contribution >= 0.6 is 0 Å². The zero-order chi connectivity index (χ0) is 59.9. The highest BCUT2D eigenvalue weighted by Gasteiger charge is 2.19. The first kappa shape index (κ1) is 79.8. The second kappa shape index (κ2) is 71.3. The van der Waals surface area contributed by atoms with Crippen molar-refractivity contribution in [3.63, 3.8) is 0 Å². The molecule has 0 spiro atoms. The normalized spacial score (nSPS) is 12.5. The molecule has 0 aromatic heterocycles. The van der Waals surface area contributed by atoms with Crippen LogP contribution in [-0.4, -0.2) is 37.2 Å². The van der Waals surface area contributed by atoms with Crippen molar-refractivity contribution >= 4 is 17.9 Å². The van der Waals surface area contributed by atoms with Crippen LogP contribution in [-0.2, 0) is 28.6 Å². The van der Waals surface area contributed by atoms with E-state index in [4.69, 9.17) is 14.2 Å². The summed E-state index contributed by atoms with van der Waals surface area (Å²) >= 11 is 0. The molecule has 0 heterocycles. The van der Waals surface area contributed by atoms with Crippen LogP contribution in [0.1, 0.15) is 380 Å². The van der Waals surface area contributed by atoms with E-state index in [2.05, 4.69) is 93.7 Å². The Morgan fingerprint density at radius 2 is 0.458 bits per heavy atom. The van der Waals surface area contributed by atoms with E-state index in [1.54, 1.807) is 0 Å². The molecule has 0 bridgehead atoms. The summed E-state index contributed by atoms with van der Waals surface area (Å²) in [6, 6.07) is 0. The average Bonchev–Trinajstić information content (AvgIpc) is 3.49. The minimum atomic E-state index is -0.783. The molecule has 0 saturated heterocycles. The quantitative estimate of drug-likeness (QED) is 0.0261. The first-order valence-electron chi connectivity index (χ1n) is 36.4. The molecule has 0 aromatic carbocycles. The van der Waals surface area contributed by atoms with Crippen LogP contribution in [0.5, 0.6) is 0 Å². The maximum absolute atomic E-state index is 13.0. The van der Waals surface area contributed by atoms with Crippen molar-refractivity contribution in [2.75, 3.05) is 13.2 Å². The summed E-state index contributed by atoms with van der Waals surface area (Å²) in [5, 5.41) is 0. The molecule has 0 N–H and O–H groups in total. The summed E-state index contributed by atoms with van der Waals surface area (Å²) in [7, 11) is 0. The summed E-state index contributed by atoms with van der Waals surface area (Å²) in [6.45, 7) is 6.61. The van der Waals surface area contributed by atoms with Gasteiger partial charge in [0, 0.05) is 19.3 Å². The van der Waals surface area contributed by atoms with Gasteiger partial charge in [0.15, 0.2) is 6.10 Å². The lowest BCUT2D eigenvalue weighted by molar-refractivity contribution is -0.167. The van der Waals surface area contributed by atoms with Crippen LogP contribution in [0.15, 0.2) is 72.9 Å². The van der Waals surface area contributed by atoms with Gasteiger partial charge >= 0.3 is 17.9 Å². The molecule has 0 rings (SSSR count). The maximum Gasteiger partial charge on any atom is 0.306 e. The average molecular weight is 1160 g/mol. The minimum Gasteiger partial charge on any atom is -0.462 e. The third-order valence-electron chi connectivity index (χ3n) is 16.1.